The molecule has 0 saturated heterocycles. The van der Waals surface area contributed by atoms with Gasteiger partial charge in [0.1, 0.15) is 5.75 Å². The summed E-state index contributed by atoms with van der Waals surface area (Å²) in [6.07, 6.45) is 1.05. The summed E-state index contributed by atoms with van der Waals surface area (Å²) in [7, 11) is 1.74. The highest BCUT2D eigenvalue weighted by atomic mass is 79.9. The van der Waals surface area contributed by atoms with E-state index in [2.05, 4.69) is 55.0 Å². The van der Waals surface area contributed by atoms with Gasteiger partial charge in [0.05, 0.1) is 7.11 Å². The second-order valence-electron chi connectivity index (χ2n) is 6.22. The van der Waals surface area contributed by atoms with Gasteiger partial charge < -0.3 is 10.1 Å². The van der Waals surface area contributed by atoms with Gasteiger partial charge in [-0.3, -0.25) is 0 Å². The molecule has 1 unspecified atom stereocenters. The third kappa shape index (κ3) is 5.84. The van der Waals surface area contributed by atoms with Crippen molar-refractivity contribution in [2.45, 2.75) is 34.1 Å². The number of halogens is 1. The fourth-order valence-electron chi connectivity index (χ4n) is 2.29. The topological polar surface area (TPSA) is 21.3 Å². The maximum atomic E-state index is 5.48. The minimum absolute atomic E-state index is 0.622. The van der Waals surface area contributed by atoms with Crippen LogP contribution in [-0.2, 0) is 6.42 Å². The SMILES string of the molecule is COc1ccc(Br)cc1CC(CNCC(C)C)C(C)C. The summed E-state index contributed by atoms with van der Waals surface area (Å²) in [6.45, 7) is 11.2. The number of hydrogen-bond acceptors (Lipinski definition) is 2. The summed E-state index contributed by atoms with van der Waals surface area (Å²) in [6, 6.07) is 6.25. The standard InChI is InChI=1S/C17H28BrNO/c1-12(2)10-19-11-15(13(3)4)8-14-9-16(18)6-7-17(14)20-5/h6-7,9,12-13,15,19H,8,10-11H2,1-5H3. The van der Waals surface area contributed by atoms with Gasteiger partial charge in [0.15, 0.2) is 0 Å². The Kier molecular flexibility index (Phi) is 7.60. The normalized spacial score (nSPS) is 13.0. The Balaban J connectivity index is 2.72. The van der Waals surface area contributed by atoms with E-state index in [1.54, 1.807) is 7.11 Å². The van der Waals surface area contributed by atoms with Crippen molar-refractivity contribution >= 4 is 15.9 Å². The molecule has 0 heterocycles. The van der Waals surface area contributed by atoms with Crippen molar-refractivity contribution in [3.63, 3.8) is 0 Å². The van der Waals surface area contributed by atoms with Crippen LogP contribution in [0.5, 0.6) is 5.75 Å². The summed E-state index contributed by atoms with van der Waals surface area (Å²) < 4.78 is 6.60. The van der Waals surface area contributed by atoms with Crippen molar-refractivity contribution in [2.75, 3.05) is 20.2 Å². The fraction of sp³-hybridized carbons (Fsp3) is 0.647. The first-order valence-corrected chi connectivity index (χ1v) is 8.26. The molecule has 0 amide bonds. The molecule has 0 aliphatic rings. The smallest absolute Gasteiger partial charge is 0.122 e. The summed E-state index contributed by atoms with van der Waals surface area (Å²) in [4.78, 5) is 0. The van der Waals surface area contributed by atoms with E-state index in [0.717, 1.165) is 29.7 Å². The van der Waals surface area contributed by atoms with Crippen LogP contribution in [0.4, 0.5) is 0 Å². The Morgan fingerprint density at radius 2 is 1.85 bits per heavy atom. The Hall–Kier alpha value is -0.540. The number of rotatable bonds is 8. The monoisotopic (exact) mass is 341 g/mol. The van der Waals surface area contributed by atoms with Gasteiger partial charge >= 0.3 is 0 Å². The van der Waals surface area contributed by atoms with Crippen LogP contribution in [0.25, 0.3) is 0 Å². The van der Waals surface area contributed by atoms with Crippen LogP contribution in [0.1, 0.15) is 33.3 Å². The molecule has 1 atom stereocenters. The zero-order valence-corrected chi connectivity index (χ0v) is 15.0. The highest BCUT2D eigenvalue weighted by molar-refractivity contribution is 9.10. The highest BCUT2D eigenvalue weighted by Crippen LogP contribution is 2.27. The van der Waals surface area contributed by atoms with Crippen LogP contribution in [0.2, 0.25) is 0 Å². The largest absolute Gasteiger partial charge is 0.496 e. The summed E-state index contributed by atoms with van der Waals surface area (Å²) in [5, 5.41) is 3.59. The zero-order valence-electron chi connectivity index (χ0n) is 13.4. The van der Waals surface area contributed by atoms with E-state index in [0.29, 0.717) is 17.8 Å². The molecule has 1 N–H and O–H groups in total. The summed E-state index contributed by atoms with van der Waals surface area (Å²) >= 11 is 3.55. The van der Waals surface area contributed by atoms with Gasteiger partial charge in [0, 0.05) is 4.47 Å². The van der Waals surface area contributed by atoms with Crippen molar-refractivity contribution in [1.29, 1.82) is 0 Å². The minimum Gasteiger partial charge on any atom is -0.496 e. The second-order valence-corrected chi connectivity index (χ2v) is 7.13. The molecule has 114 valence electrons. The van der Waals surface area contributed by atoms with Crippen LogP contribution in [0, 0.1) is 17.8 Å². The van der Waals surface area contributed by atoms with Gasteiger partial charge in [-0.15, -0.1) is 0 Å². The van der Waals surface area contributed by atoms with E-state index in [1.807, 2.05) is 12.1 Å². The van der Waals surface area contributed by atoms with E-state index < -0.39 is 0 Å². The van der Waals surface area contributed by atoms with Gasteiger partial charge in [0.2, 0.25) is 0 Å². The molecule has 2 nitrogen and oxygen atoms in total. The van der Waals surface area contributed by atoms with Crippen LogP contribution < -0.4 is 10.1 Å². The van der Waals surface area contributed by atoms with E-state index in [-0.39, 0.29) is 0 Å². The van der Waals surface area contributed by atoms with Gasteiger partial charge in [-0.25, -0.2) is 0 Å². The van der Waals surface area contributed by atoms with Crippen molar-refractivity contribution in [2.24, 2.45) is 17.8 Å². The van der Waals surface area contributed by atoms with E-state index in [4.69, 9.17) is 4.74 Å². The highest BCUT2D eigenvalue weighted by Gasteiger charge is 2.16. The lowest BCUT2D eigenvalue weighted by atomic mass is 9.88. The van der Waals surface area contributed by atoms with Crippen LogP contribution in [0.3, 0.4) is 0 Å². The number of ether oxygens (including phenoxy) is 1. The molecule has 1 rings (SSSR count). The maximum Gasteiger partial charge on any atom is 0.122 e. The van der Waals surface area contributed by atoms with Gasteiger partial charge in [-0.05, 0) is 61.0 Å². The molecule has 1 aromatic carbocycles. The van der Waals surface area contributed by atoms with E-state index >= 15 is 0 Å². The zero-order chi connectivity index (χ0) is 15.1. The molecule has 0 saturated carbocycles. The molecular weight excluding hydrogens is 314 g/mol. The Morgan fingerprint density at radius 1 is 1.15 bits per heavy atom. The Morgan fingerprint density at radius 3 is 2.40 bits per heavy atom. The lowest BCUT2D eigenvalue weighted by molar-refractivity contribution is 0.344. The molecule has 3 heteroatoms. The summed E-state index contributed by atoms with van der Waals surface area (Å²) in [5.41, 5.74) is 1.28. The molecule has 0 spiro atoms. The lowest BCUT2D eigenvalue weighted by Gasteiger charge is -2.23. The molecule has 0 aromatic heterocycles. The van der Waals surface area contributed by atoms with Crippen LogP contribution >= 0.6 is 15.9 Å². The molecular formula is C17H28BrNO. The third-order valence-corrected chi connectivity index (χ3v) is 4.12. The molecule has 0 aliphatic carbocycles. The predicted molar refractivity (Wildman–Crippen MR) is 90.4 cm³/mol. The van der Waals surface area contributed by atoms with Crippen LogP contribution in [0.15, 0.2) is 22.7 Å². The van der Waals surface area contributed by atoms with E-state index in [9.17, 15) is 0 Å². The van der Waals surface area contributed by atoms with Crippen molar-refractivity contribution in [1.82, 2.24) is 5.32 Å². The summed E-state index contributed by atoms with van der Waals surface area (Å²) in [5.74, 6) is 2.96. The number of benzene rings is 1. The van der Waals surface area contributed by atoms with Crippen LogP contribution in [-0.4, -0.2) is 20.2 Å². The van der Waals surface area contributed by atoms with Crippen molar-refractivity contribution in [3.05, 3.63) is 28.2 Å². The minimum atomic E-state index is 0.622. The molecule has 1 aromatic rings. The Bertz CT molecular complexity index is 404. The lowest BCUT2D eigenvalue weighted by Crippen LogP contribution is -2.30. The first kappa shape index (κ1) is 17.5. The second kappa shape index (κ2) is 8.68. The van der Waals surface area contributed by atoms with Gasteiger partial charge in [0.25, 0.3) is 0 Å². The molecule has 0 aliphatic heterocycles. The third-order valence-electron chi connectivity index (χ3n) is 3.63. The van der Waals surface area contributed by atoms with Crippen molar-refractivity contribution < 1.29 is 4.74 Å². The first-order valence-electron chi connectivity index (χ1n) is 7.47. The average molecular weight is 342 g/mol. The van der Waals surface area contributed by atoms with Crippen molar-refractivity contribution in [3.8, 4) is 5.75 Å². The fourth-order valence-corrected chi connectivity index (χ4v) is 2.70. The number of methoxy groups -OCH3 is 1. The number of nitrogens with one attached hydrogen (secondary N) is 1. The Labute approximate surface area is 132 Å². The molecule has 0 fully saturated rings. The average Bonchev–Trinajstić information content (AvgIpc) is 2.37. The quantitative estimate of drug-likeness (QED) is 0.750. The predicted octanol–water partition coefficient (Wildman–Crippen LogP) is 4.52. The van der Waals surface area contributed by atoms with Gasteiger partial charge in [-0.2, -0.15) is 0 Å². The van der Waals surface area contributed by atoms with Gasteiger partial charge in [-0.1, -0.05) is 43.6 Å². The maximum absolute atomic E-state index is 5.48. The molecule has 0 bridgehead atoms. The molecule has 20 heavy (non-hydrogen) atoms. The molecule has 0 radical (unpaired) electrons. The number of hydrogen-bond donors (Lipinski definition) is 1. The first-order chi connectivity index (χ1) is 9.43. The van der Waals surface area contributed by atoms with E-state index in [1.165, 1.54) is 5.56 Å².